The summed E-state index contributed by atoms with van der Waals surface area (Å²) in [5.74, 6) is 0.839. The van der Waals surface area contributed by atoms with Crippen LogP contribution in [0.25, 0.3) is 22.8 Å². The van der Waals surface area contributed by atoms with E-state index in [2.05, 4.69) is 26.9 Å². The minimum absolute atomic E-state index is 0. The van der Waals surface area contributed by atoms with E-state index in [1.54, 1.807) is 61.4 Å². The van der Waals surface area contributed by atoms with E-state index in [1.165, 1.54) is 19.3 Å². The van der Waals surface area contributed by atoms with E-state index >= 15 is 0 Å². The molecule has 0 bridgehead atoms. The first-order valence-electron chi connectivity index (χ1n) is 12.8. The Balaban J connectivity index is 0.000000304. The second-order valence-corrected chi connectivity index (χ2v) is 9.22. The molecule has 0 saturated heterocycles. The fourth-order valence-corrected chi connectivity index (χ4v) is 3.51. The van der Waals surface area contributed by atoms with Crippen molar-refractivity contribution in [3.05, 3.63) is 110 Å². The first-order chi connectivity index (χ1) is 19.2. The summed E-state index contributed by atoms with van der Waals surface area (Å²) in [5, 5.41) is 0. The quantitative estimate of drug-likeness (QED) is 0.123. The maximum Gasteiger partial charge on any atom is 2.00 e. The smallest absolute Gasteiger partial charge is 0.780 e. The largest absolute Gasteiger partial charge is 2.00 e. The molecule has 0 aromatic carbocycles. The van der Waals surface area contributed by atoms with E-state index in [0.29, 0.717) is 0 Å². The fraction of sp³-hybridized carbons (Fsp3) is 0.194. The van der Waals surface area contributed by atoms with E-state index in [1.807, 2.05) is 48.5 Å². The molecule has 0 aliphatic carbocycles. The number of ether oxygens (including phenoxy) is 1. The van der Waals surface area contributed by atoms with Crippen LogP contribution in [0.4, 0.5) is 0 Å². The number of rotatable bonds is 8. The third-order valence-electron chi connectivity index (χ3n) is 5.24. The van der Waals surface area contributed by atoms with E-state index in [9.17, 15) is 0 Å². The van der Waals surface area contributed by atoms with Gasteiger partial charge in [-0.25, -0.2) is 4.98 Å². The molecule has 0 spiro atoms. The van der Waals surface area contributed by atoms with Gasteiger partial charge in [-0.1, -0.05) is 62.6 Å². The minimum atomic E-state index is 0. The summed E-state index contributed by atoms with van der Waals surface area (Å²) in [6, 6.07) is 22.7. The molecule has 0 aliphatic heterocycles. The average Bonchev–Trinajstić information content (AvgIpc) is 2.99. The number of nitrogens with zero attached hydrogens (tertiary/aromatic N) is 5. The van der Waals surface area contributed by atoms with Crippen molar-refractivity contribution >= 4 is 25.3 Å². The zero-order valence-corrected chi connectivity index (χ0v) is 26.1. The molecule has 6 nitrogen and oxygen atoms in total. The molecule has 0 aliphatic rings. The van der Waals surface area contributed by atoms with Crippen LogP contribution in [0.1, 0.15) is 32.6 Å². The molecule has 5 aromatic heterocycles. The maximum absolute atomic E-state index is 5.85. The Kier molecular flexibility index (Phi) is 16.2. The summed E-state index contributed by atoms with van der Waals surface area (Å²) in [7, 11) is 0. The Morgan fingerprint density at radius 2 is 1.20 bits per heavy atom. The van der Waals surface area contributed by atoms with Crippen LogP contribution < -0.4 is 4.74 Å². The topological polar surface area (TPSA) is 73.7 Å². The summed E-state index contributed by atoms with van der Waals surface area (Å²) < 4.78 is 5.85. The van der Waals surface area contributed by atoms with Gasteiger partial charge in [0.25, 0.3) is 0 Å². The van der Waals surface area contributed by atoms with E-state index in [0.717, 1.165) is 51.3 Å². The van der Waals surface area contributed by atoms with E-state index in [-0.39, 0.29) is 21.1 Å². The molecular weight excluding hydrogens is 718 g/mol. The molecule has 9 heteroatoms. The minimum Gasteiger partial charge on any atom is -0.780 e. The molecule has 5 aromatic rings. The van der Waals surface area contributed by atoms with Crippen LogP contribution in [0, 0.1) is 0 Å². The van der Waals surface area contributed by atoms with Gasteiger partial charge >= 0.3 is 21.1 Å². The van der Waals surface area contributed by atoms with Crippen molar-refractivity contribution in [3.8, 4) is 28.5 Å². The average molecular weight is 749 g/mol. The zero-order chi connectivity index (χ0) is 27.5. The molecule has 0 radical (unpaired) electrons. The van der Waals surface area contributed by atoms with Crippen LogP contribution in [-0.4, -0.2) is 31.5 Å². The van der Waals surface area contributed by atoms with Gasteiger partial charge in [0, 0.05) is 43.2 Å². The van der Waals surface area contributed by atoms with Gasteiger partial charge in [-0.3, -0.25) is 19.9 Å². The Labute approximate surface area is 262 Å². The molecule has 0 amide bonds. The Hall–Kier alpha value is -3.32. The van der Waals surface area contributed by atoms with Crippen LogP contribution in [0.2, 0.25) is 0 Å². The molecule has 0 N–H and O–H groups in total. The number of hydrogen-bond donors (Lipinski definition) is 0. The molecule has 5 rings (SSSR count). The fourth-order valence-electron chi connectivity index (χ4n) is 3.27. The summed E-state index contributed by atoms with van der Waals surface area (Å²) in [6.07, 6.45) is 15.1. The van der Waals surface area contributed by atoms with Crippen molar-refractivity contribution in [2.75, 3.05) is 6.61 Å². The van der Waals surface area contributed by atoms with Crippen LogP contribution in [0.3, 0.4) is 0 Å². The zero-order valence-electron chi connectivity index (χ0n) is 22.2. The number of unbranched alkanes of at least 4 members (excludes halogenated alkanes) is 3. The monoisotopic (exact) mass is 748 g/mol. The molecule has 0 saturated carbocycles. The van der Waals surface area contributed by atoms with Gasteiger partial charge in [-0.15, -0.1) is 0 Å². The molecule has 40 heavy (non-hydrogen) atoms. The summed E-state index contributed by atoms with van der Waals surface area (Å²) in [4.78, 5) is 22.7. The normalized spacial score (nSPS) is 9.62. The van der Waals surface area contributed by atoms with Crippen molar-refractivity contribution in [3.63, 3.8) is 0 Å². The van der Waals surface area contributed by atoms with Gasteiger partial charge in [0.15, 0.2) is 0 Å². The first-order valence-corrected chi connectivity index (χ1v) is 13.6. The molecule has 0 fully saturated rings. The predicted octanol–water partition coefficient (Wildman–Crippen LogP) is 7.14. The molecule has 0 unspecified atom stereocenters. The van der Waals surface area contributed by atoms with Crippen molar-refractivity contribution in [2.24, 2.45) is 0 Å². The standard InChI is InChI=1S/C21H23N3O.2C5H5NS.Pt/c1-2-3-4-7-15-25-17-12-14-23-21(16-17)20-11-8-10-19(24-20)18-9-5-6-13-22-18;2*7-5-1-3-6-4-2-5;/h5-6,8-14,16H,2-4,7,15H2,1H3;2*1-4H,(H,6,7);/q;;;+2/p-2. The Morgan fingerprint density at radius 3 is 1.75 bits per heavy atom. The number of aromatic nitrogens is 5. The van der Waals surface area contributed by atoms with Crippen LogP contribution in [0.5, 0.6) is 5.75 Å². The Morgan fingerprint density at radius 1 is 0.600 bits per heavy atom. The van der Waals surface area contributed by atoms with Crippen molar-refractivity contribution in [1.82, 2.24) is 24.9 Å². The van der Waals surface area contributed by atoms with Crippen molar-refractivity contribution < 1.29 is 25.8 Å². The van der Waals surface area contributed by atoms with Crippen molar-refractivity contribution in [1.29, 1.82) is 0 Å². The van der Waals surface area contributed by atoms with E-state index < -0.39 is 0 Å². The van der Waals surface area contributed by atoms with Gasteiger partial charge in [0.2, 0.25) is 0 Å². The molecular formula is C31H31N5OPtS2. The van der Waals surface area contributed by atoms with Gasteiger partial charge in [0.05, 0.1) is 29.4 Å². The summed E-state index contributed by atoms with van der Waals surface area (Å²) in [5.41, 5.74) is 3.32. The van der Waals surface area contributed by atoms with Crippen LogP contribution in [-0.2, 0) is 46.3 Å². The summed E-state index contributed by atoms with van der Waals surface area (Å²) >= 11 is 9.54. The van der Waals surface area contributed by atoms with Gasteiger partial charge in [0.1, 0.15) is 5.75 Å². The van der Waals surface area contributed by atoms with Gasteiger partial charge in [-0.2, -0.15) is 9.79 Å². The van der Waals surface area contributed by atoms with Crippen LogP contribution >= 0.6 is 0 Å². The third kappa shape index (κ3) is 12.7. The van der Waals surface area contributed by atoms with Gasteiger partial charge < -0.3 is 30.0 Å². The number of hydrogen-bond acceptors (Lipinski definition) is 8. The molecule has 5 heterocycles. The summed E-state index contributed by atoms with van der Waals surface area (Å²) in [6.45, 7) is 2.95. The predicted molar refractivity (Wildman–Crippen MR) is 160 cm³/mol. The van der Waals surface area contributed by atoms with E-state index in [4.69, 9.17) is 35.0 Å². The van der Waals surface area contributed by atoms with Crippen LogP contribution in [0.15, 0.2) is 120 Å². The first kappa shape index (κ1) is 32.9. The second kappa shape index (κ2) is 19.7. The maximum atomic E-state index is 5.85. The Bertz CT molecular complexity index is 1310. The third-order valence-corrected chi connectivity index (χ3v) is 5.78. The second-order valence-electron chi connectivity index (χ2n) is 8.27. The SMILES string of the molecule is CCCCCCOc1ccnc(-c2cccc(-c3ccccn3)n2)c1.[Pt+2].[S-]c1ccncc1.[S-]c1ccncc1. The molecule has 0 atom stereocenters. The van der Waals surface area contributed by atoms with Gasteiger partial charge in [-0.05, 0) is 36.8 Å². The molecule has 208 valence electrons. The number of pyridine rings is 5. The van der Waals surface area contributed by atoms with Crippen molar-refractivity contribution in [2.45, 2.75) is 42.4 Å².